The van der Waals surface area contributed by atoms with E-state index >= 15 is 0 Å². The topological polar surface area (TPSA) is 66.6 Å². The second-order valence-electron chi connectivity index (χ2n) is 10.6. The Hall–Kier alpha value is -3.38. The molecule has 0 N–H and O–H groups in total. The summed E-state index contributed by atoms with van der Waals surface area (Å²) in [5.74, 6) is 0. The van der Waals surface area contributed by atoms with Gasteiger partial charge < -0.3 is 4.74 Å². The van der Waals surface area contributed by atoms with Crippen LogP contribution < -0.4 is 5.69 Å². The van der Waals surface area contributed by atoms with Gasteiger partial charge in [0.1, 0.15) is 6.17 Å². The van der Waals surface area contributed by atoms with Crippen LogP contribution in [0.15, 0.2) is 57.7 Å². The maximum atomic E-state index is 14.1. The van der Waals surface area contributed by atoms with Crippen molar-refractivity contribution in [1.82, 2.24) is 13.9 Å². The number of halogens is 4. The van der Waals surface area contributed by atoms with Crippen LogP contribution in [0, 0.1) is 6.17 Å². The minimum Gasteiger partial charge on any atom is -0.379 e. The van der Waals surface area contributed by atoms with Crippen molar-refractivity contribution in [1.29, 1.82) is 0 Å². The Morgan fingerprint density at radius 1 is 1.15 bits per heavy atom. The summed E-state index contributed by atoms with van der Waals surface area (Å²) < 4.78 is 65.7. The molecular weight excluding hydrogens is 516 g/mol. The molecule has 0 atom stereocenters. The van der Waals surface area contributed by atoms with Gasteiger partial charge >= 0.3 is 24.4 Å². The number of aromatic nitrogens is 2. The molecule has 0 bridgehead atoms. The van der Waals surface area contributed by atoms with Gasteiger partial charge in [-0.2, -0.15) is 13.2 Å². The highest BCUT2D eigenvalue weighted by Crippen LogP contribution is 2.41. The molecule has 1 radical (unpaired) electrons. The summed E-state index contributed by atoms with van der Waals surface area (Å²) in [6.45, 7) is 2.05. The number of fused-ring (bicyclic) bond motifs is 1. The highest BCUT2D eigenvalue weighted by molar-refractivity contribution is 5.58. The van der Waals surface area contributed by atoms with E-state index in [0.717, 1.165) is 22.2 Å². The fourth-order valence-electron chi connectivity index (χ4n) is 5.54. The van der Waals surface area contributed by atoms with E-state index in [2.05, 4.69) is 10.2 Å². The van der Waals surface area contributed by atoms with Crippen molar-refractivity contribution in [2.24, 2.45) is 10.2 Å². The lowest BCUT2D eigenvalue weighted by Gasteiger charge is -2.42. The van der Waals surface area contributed by atoms with Crippen molar-refractivity contribution >= 4 is 11.9 Å². The molecule has 1 aromatic carbocycles. The van der Waals surface area contributed by atoms with Crippen LogP contribution in [-0.4, -0.2) is 64.3 Å². The van der Waals surface area contributed by atoms with Gasteiger partial charge in [0.25, 0.3) is 0 Å². The number of hydrogen-bond acceptors (Lipinski definition) is 5. The van der Waals surface area contributed by atoms with E-state index in [4.69, 9.17) is 4.74 Å². The van der Waals surface area contributed by atoms with Crippen molar-refractivity contribution in [3.8, 4) is 5.69 Å². The first-order chi connectivity index (χ1) is 18.6. The molecule has 0 spiro atoms. The number of likely N-dealkylation sites (tertiary alicyclic amines) is 1. The van der Waals surface area contributed by atoms with Crippen molar-refractivity contribution in [3.63, 3.8) is 0 Å². The maximum absolute atomic E-state index is 14.1. The highest BCUT2D eigenvalue weighted by atomic mass is 19.4. The lowest BCUT2D eigenvalue weighted by atomic mass is 9.75. The molecule has 8 nitrogen and oxygen atoms in total. The second-order valence-corrected chi connectivity index (χ2v) is 10.6. The molecule has 2 saturated heterocycles. The third-order valence-corrected chi connectivity index (χ3v) is 7.85. The Labute approximate surface area is 221 Å². The van der Waals surface area contributed by atoms with Crippen LogP contribution in [0.25, 0.3) is 11.2 Å². The van der Waals surface area contributed by atoms with Gasteiger partial charge in [0.15, 0.2) is 0 Å². The predicted octanol–water partition coefficient (Wildman–Crippen LogP) is 4.33. The Bertz CT molecular complexity index is 1510. The molecule has 0 saturated carbocycles. The van der Waals surface area contributed by atoms with E-state index in [1.165, 1.54) is 17.0 Å². The van der Waals surface area contributed by atoms with Crippen LogP contribution in [0.4, 0.5) is 17.6 Å². The molecule has 2 fully saturated rings. The number of piperidine rings is 1. The SMILES string of the molecule is C[N+]1=CN=N[C]1CC1(c2cccc(-n3cc4c(C(F)(F)F)cc(CN5CCC(F)CC5)cn4c3=O)c2)COC1. The zero-order chi connectivity index (χ0) is 27.4. The monoisotopic (exact) mass is 544 g/mol. The lowest BCUT2D eigenvalue weighted by Crippen LogP contribution is -2.48. The van der Waals surface area contributed by atoms with Gasteiger partial charge in [-0.3, -0.25) is 13.9 Å². The van der Waals surface area contributed by atoms with E-state index in [1.807, 2.05) is 28.7 Å². The molecule has 3 aliphatic rings. The van der Waals surface area contributed by atoms with Gasteiger partial charge in [-0.1, -0.05) is 12.1 Å². The summed E-state index contributed by atoms with van der Waals surface area (Å²) in [7, 11) is 1.86. The van der Waals surface area contributed by atoms with Crippen molar-refractivity contribution in [3.05, 3.63) is 76.1 Å². The van der Waals surface area contributed by atoms with Gasteiger partial charge in [0.2, 0.25) is 0 Å². The van der Waals surface area contributed by atoms with Crippen LogP contribution in [0.1, 0.15) is 36.0 Å². The largest absolute Gasteiger partial charge is 0.418 e. The van der Waals surface area contributed by atoms with Crippen molar-refractivity contribution < 1.29 is 26.9 Å². The molecular formula is C27H28F4N6O2+. The third kappa shape index (κ3) is 4.80. The smallest absolute Gasteiger partial charge is 0.379 e. The molecule has 0 unspecified atom stereocenters. The Morgan fingerprint density at radius 2 is 1.92 bits per heavy atom. The lowest BCUT2D eigenvalue weighted by molar-refractivity contribution is -0.478. The molecule has 2 aromatic heterocycles. The molecule has 5 heterocycles. The van der Waals surface area contributed by atoms with Gasteiger partial charge in [-0.15, -0.1) is 0 Å². The van der Waals surface area contributed by atoms with Gasteiger partial charge in [0.05, 0.1) is 42.1 Å². The number of nitrogens with zero attached hydrogens (tertiary/aromatic N) is 6. The van der Waals surface area contributed by atoms with Crippen LogP contribution >= 0.6 is 0 Å². The molecule has 6 rings (SSSR count). The van der Waals surface area contributed by atoms with Crippen LogP contribution in [0.5, 0.6) is 0 Å². The summed E-state index contributed by atoms with van der Waals surface area (Å²) in [6, 6.07) is 8.35. The first-order valence-electron chi connectivity index (χ1n) is 12.8. The van der Waals surface area contributed by atoms with E-state index in [9.17, 15) is 22.4 Å². The Morgan fingerprint density at radius 3 is 2.56 bits per heavy atom. The van der Waals surface area contributed by atoms with Crippen LogP contribution in [0.3, 0.4) is 0 Å². The summed E-state index contributed by atoms with van der Waals surface area (Å²) in [6.07, 6.45) is 0.855. The summed E-state index contributed by atoms with van der Waals surface area (Å²) in [5.41, 5.74) is -0.339. The zero-order valence-electron chi connectivity index (χ0n) is 21.4. The number of benzene rings is 1. The molecule has 0 aliphatic carbocycles. The normalized spacial score (nSPS) is 20.5. The first kappa shape index (κ1) is 25.9. The first-order valence-corrected chi connectivity index (χ1v) is 12.8. The third-order valence-electron chi connectivity index (χ3n) is 7.85. The van der Waals surface area contributed by atoms with E-state index in [1.54, 1.807) is 18.5 Å². The quantitative estimate of drug-likeness (QED) is 0.343. The van der Waals surface area contributed by atoms with Crippen LogP contribution in [0.2, 0.25) is 0 Å². The number of pyridine rings is 1. The van der Waals surface area contributed by atoms with Gasteiger partial charge in [-0.05, 0) is 47.3 Å². The molecule has 0 amide bonds. The highest BCUT2D eigenvalue weighted by Gasteiger charge is 2.46. The molecule has 3 aromatic rings. The Balaban J connectivity index is 1.37. The molecule has 3 aliphatic heterocycles. The fourth-order valence-corrected chi connectivity index (χ4v) is 5.54. The van der Waals surface area contributed by atoms with Gasteiger partial charge in [-0.25, -0.2) is 13.8 Å². The summed E-state index contributed by atoms with van der Waals surface area (Å²) in [5, 5.41) is 8.13. The average molecular weight is 545 g/mol. The molecule has 12 heteroatoms. The number of azo groups is 1. The number of rotatable bonds is 6. The predicted molar refractivity (Wildman–Crippen MR) is 135 cm³/mol. The van der Waals surface area contributed by atoms with Crippen molar-refractivity contribution in [2.75, 3.05) is 33.4 Å². The second kappa shape index (κ2) is 9.67. The molecule has 205 valence electrons. The zero-order valence-corrected chi connectivity index (χ0v) is 21.4. The molecule has 39 heavy (non-hydrogen) atoms. The fraction of sp³-hybridized carbons (Fsp3) is 0.444. The average Bonchev–Trinajstić information content (AvgIpc) is 3.44. The number of imidazole rings is 1. The van der Waals surface area contributed by atoms with E-state index in [-0.39, 0.29) is 17.5 Å². The minimum atomic E-state index is -4.66. The standard InChI is InChI=1S/C27H28F4N6O2/c1-34-17-32-33-24(34)11-26(15-39-16-26)19-3-2-4-21(10-19)36-14-23-22(27(29,30)31)9-18(13-37(23)25(36)38)12-35-7-5-20(28)6-8-35/h2-4,9-10,13-14,17,20H,5-8,11-12,15-16H2,1H3/q+1. The number of ether oxygens (including phenoxy) is 1. The van der Waals surface area contributed by atoms with Gasteiger partial charge in [0, 0.05) is 43.9 Å². The summed E-state index contributed by atoms with van der Waals surface area (Å²) in [4.78, 5) is 15.4. The number of alkyl halides is 4. The minimum absolute atomic E-state index is 0.212. The van der Waals surface area contributed by atoms with Crippen LogP contribution in [-0.2, 0) is 22.9 Å². The number of hydrogen-bond donors (Lipinski definition) is 0. The van der Waals surface area contributed by atoms with Crippen molar-refractivity contribution in [2.45, 2.75) is 43.6 Å². The Kier molecular flexibility index (Phi) is 6.41. The van der Waals surface area contributed by atoms with E-state index in [0.29, 0.717) is 56.8 Å². The maximum Gasteiger partial charge on any atom is 0.418 e. The van der Waals surface area contributed by atoms with E-state index < -0.39 is 23.6 Å². The summed E-state index contributed by atoms with van der Waals surface area (Å²) >= 11 is 0.